The van der Waals surface area contributed by atoms with E-state index in [2.05, 4.69) is 19.2 Å². The summed E-state index contributed by atoms with van der Waals surface area (Å²) in [4.78, 5) is 25.6. The van der Waals surface area contributed by atoms with Crippen LogP contribution >= 0.6 is 0 Å². The summed E-state index contributed by atoms with van der Waals surface area (Å²) in [5, 5.41) is 284. The van der Waals surface area contributed by atoms with Crippen LogP contribution in [0.3, 0.4) is 0 Å². The maximum absolute atomic E-state index is 13.3. The van der Waals surface area contributed by atoms with Crippen molar-refractivity contribution in [1.29, 1.82) is 0 Å². The molecule has 8 fully saturated rings. The molecule has 1 amide bonds. The molecular weight excluding hydrogens is 1790 g/mol. The largest absolute Gasteiger partial charge is 0.477 e. The molecule has 786 valence electrons. The molecule has 134 heavy (non-hydrogen) atoms. The first-order chi connectivity index (χ1) is 64.2. The minimum Gasteiger partial charge on any atom is -0.477 e. The molecule has 8 aliphatic heterocycles. The fraction of sp³-hybridized carbons (Fsp3) is 0.977. The van der Waals surface area contributed by atoms with Crippen LogP contribution in [0, 0.1) is 0 Å². The molecule has 8 aliphatic rings. The average Bonchev–Trinajstić information content (AvgIpc) is 0.744. The normalized spacial score (nSPS) is 40.3. The van der Waals surface area contributed by atoms with E-state index in [0.717, 1.165) is 58.3 Å². The predicted octanol–water partition coefficient (Wildman–Crippen LogP) is -5.69. The Morgan fingerprint density at radius 1 is 0.366 bits per heavy atom. The number of carboxylic acid groups (broad SMARTS) is 1. The zero-order valence-corrected chi connectivity index (χ0v) is 77.3. The molecule has 0 saturated carbocycles. The van der Waals surface area contributed by atoms with Gasteiger partial charge in [-0.05, 0) is 19.8 Å². The van der Waals surface area contributed by atoms with Crippen LogP contribution in [-0.2, 0) is 94.9 Å². The summed E-state index contributed by atoms with van der Waals surface area (Å²) < 4.78 is 107. The van der Waals surface area contributed by atoms with Gasteiger partial charge in [0.05, 0.1) is 77.7 Å². The van der Waals surface area contributed by atoms with E-state index in [1.807, 2.05) is 0 Å². The van der Waals surface area contributed by atoms with Crippen molar-refractivity contribution < 1.29 is 223 Å². The second kappa shape index (κ2) is 59.5. The number of carboxylic acids is 1. The fourth-order valence-electron chi connectivity index (χ4n) is 18.2. The number of amides is 1. The third-order valence-corrected chi connectivity index (χ3v) is 26.2. The van der Waals surface area contributed by atoms with E-state index in [0.29, 0.717) is 13.2 Å². The first kappa shape index (κ1) is 117. The first-order valence-corrected chi connectivity index (χ1v) is 48.3. The van der Waals surface area contributed by atoms with Gasteiger partial charge >= 0.3 is 5.97 Å². The lowest BCUT2D eigenvalue weighted by atomic mass is 9.88. The van der Waals surface area contributed by atoms with Crippen LogP contribution in [0.15, 0.2) is 0 Å². The molecule has 42 atom stereocenters. The summed E-state index contributed by atoms with van der Waals surface area (Å²) in [6.45, 7) is -0.465. The van der Waals surface area contributed by atoms with Gasteiger partial charge in [-0.25, -0.2) is 4.79 Å². The zero-order valence-electron chi connectivity index (χ0n) is 77.3. The van der Waals surface area contributed by atoms with Gasteiger partial charge < -0.3 is 218 Å². The van der Waals surface area contributed by atoms with Gasteiger partial charge in [0.15, 0.2) is 44.0 Å². The number of ether oxygens (including phenoxy) is 18. The van der Waals surface area contributed by atoms with Crippen molar-refractivity contribution in [3.05, 3.63) is 0 Å². The molecule has 0 aromatic carbocycles. The standard InChI is InChI=1S/C88H159NO45/c1-5-7-9-11-13-15-17-19-21-23-25-27-29-31-33-117-43-47(118-34-32-30-28-26-24-22-20-18-16-14-12-10-8-6-2)44-119-80-66(109)63(106)72(53(40-94)124-80)127-83-68(111)76(59(102)50(37-91)121-83)130-82-67(110)64(107)73(54(41-95)125-82)128-84-69(112)77(60(103)51(38-92)122-84)131-86-71(114)79(132-81-65(108)62(105)57(100)45(3)120-81)74(55(42-96)126-86)129-85-70(113)78(61(104)52(39-93)123-85)134-88(87(115)116)35-48(98)56(89-46(4)97)75(133-88)58(101)49(99)36-90/h45,47-86,90-96,98-114H,5-44H2,1-4H3,(H,89,97)(H,115,116)/t45-,47+,48-,49+,50+,51+,52+,53+,54+,55+,56+,57+,58+,59-,60-,61-,62+,63+,64+,65-,66+,67+,68+,69+,70+,71+,72+,73+,74+,75+,76-,77-,78-,79+,80+,81-,82-,83-,84-,85-,86-,88-/m0/s1. The average molecular weight is 1950 g/mol. The Hall–Kier alpha value is -2.74. The number of nitrogens with one attached hydrogen (secondary N) is 1. The summed E-state index contributed by atoms with van der Waals surface area (Å²) in [5.41, 5.74) is 0. The molecule has 8 saturated heterocycles. The maximum atomic E-state index is 13.3. The number of aliphatic hydroxyl groups excluding tert-OH is 24. The van der Waals surface area contributed by atoms with Crippen molar-refractivity contribution in [3.63, 3.8) is 0 Å². The molecule has 0 aromatic heterocycles. The number of hydrogen-bond donors (Lipinski definition) is 26. The van der Waals surface area contributed by atoms with Crippen molar-refractivity contribution in [2.45, 2.75) is 471 Å². The van der Waals surface area contributed by atoms with E-state index in [1.54, 1.807) is 0 Å². The molecule has 8 heterocycles. The predicted molar refractivity (Wildman–Crippen MR) is 457 cm³/mol. The van der Waals surface area contributed by atoms with Crippen LogP contribution < -0.4 is 5.32 Å². The van der Waals surface area contributed by atoms with Gasteiger partial charge in [0, 0.05) is 26.6 Å². The van der Waals surface area contributed by atoms with Gasteiger partial charge in [0.1, 0.15) is 189 Å². The molecule has 46 nitrogen and oxygen atoms in total. The lowest BCUT2D eigenvalue weighted by Crippen LogP contribution is -2.71. The molecule has 0 aliphatic carbocycles. The van der Waals surface area contributed by atoms with Crippen LogP contribution in [0.1, 0.15) is 214 Å². The fourth-order valence-corrected chi connectivity index (χ4v) is 18.2. The SMILES string of the molecule is CCCCCCCCCCCCCCCCOC[C@H](CO[C@@H]1O[C@H](CO)[C@@H](O[C@@H]2O[C@H](CO)[C@H](O)[C@H](O[C@@H]3O[C@H](CO)[C@@H](O[C@@H]4O[C@H](CO)[C@H](O)[C@H](O[C@@H]5O[C@H](CO)[C@@H](O[C@@H]6O[C@H](CO)[C@H](O)[C@H](O[C@]7(C(=O)O)C[C@H](O)[C@@H](NC(C)=O)[C@H]([C@H](O)[C@H](O)CO)O7)[C@H]6O)[C@H](O[C@@H]6O[C@@H](C)[C@@H](O)[C@@H](O)[C@@H]6O)[C@H]5O)[C@H]4O)[C@H](O)[C@H]3O)[C@H]2O)[C@H](O)[C@H]1O)OCCCCCCCCCCCCCCCC. The lowest BCUT2D eigenvalue weighted by molar-refractivity contribution is -0.410. The van der Waals surface area contributed by atoms with Crippen molar-refractivity contribution in [2.24, 2.45) is 0 Å². The quantitative estimate of drug-likeness (QED) is 0.0252. The van der Waals surface area contributed by atoms with Gasteiger partial charge in [-0.2, -0.15) is 0 Å². The second-order valence-corrected chi connectivity index (χ2v) is 36.6. The van der Waals surface area contributed by atoms with Crippen molar-refractivity contribution >= 4 is 11.9 Å². The molecule has 26 N–H and O–H groups in total. The van der Waals surface area contributed by atoms with Gasteiger partial charge in [-0.1, -0.05) is 181 Å². The van der Waals surface area contributed by atoms with Crippen molar-refractivity contribution in [2.75, 3.05) is 72.7 Å². The van der Waals surface area contributed by atoms with E-state index in [9.17, 15) is 137 Å². The smallest absolute Gasteiger partial charge is 0.364 e. The second-order valence-electron chi connectivity index (χ2n) is 36.6. The van der Waals surface area contributed by atoms with Crippen molar-refractivity contribution in [3.8, 4) is 0 Å². The summed E-state index contributed by atoms with van der Waals surface area (Å²) in [6.07, 6.45) is -50.7. The van der Waals surface area contributed by atoms with Gasteiger partial charge in [-0.15, -0.1) is 0 Å². The Kier molecular flexibility index (Phi) is 51.7. The molecule has 8 rings (SSSR count). The zero-order chi connectivity index (χ0) is 98.0. The van der Waals surface area contributed by atoms with Crippen LogP contribution in [0.2, 0.25) is 0 Å². The Balaban J connectivity index is 0.907. The van der Waals surface area contributed by atoms with Crippen LogP contribution in [-0.4, -0.2) is 470 Å². The Morgan fingerprint density at radius 3 is 1.12 bits per heavy atom. The molecular formula is C88H159NO45. The minimum absolute atomic E-state index is 0.138. The van der Waals surface area contributed by atoms with Crippen LogP contribution in [0.5, 0.6) is 0 Å². The number of rotatable bonds is 61. The van der Waals surface area contributed by atoms with Crippen LogP contribution in [0.25, 0.3) is 0 Å². The third-order valence-electron chi connectivity index (χ3n) is 26.2. The number of hydrogen-bond acceptors (Lipinski definition) is 44. The van der Waals surface area contributed by atoms with Gasteiger partial charge in [0.2, 0.25) is 5.91 Å². The monoisotopic (exact) mass is 1950 g/mol. The lowest BCUT2D eigenvalue weighted by Gasteiger charge is -2.52. The van der Waals surface area contributed by atoms with E-state index in [4.69, 9.17) is 85.3 Å². The summed E-state index contributed by atoms with van der Waals surface area (Å²) >= 11 is 0. The third kappa shape index (κ3) is 32.4. The van der Waals surface area contributed by atoms with E-state index in [-0.39, 0.29) is 13.2 Å². The number of aliphatic carboxylic acids is 1. The number of unbranched alkanes of at least 4 members (excludes halogenated alkanes) is 26. The Labute approximate surface area is 780 Å². The molecule has 0 unspecified atom stereocenters. The Morgan fingerprint density at radius 2 is 0.701 bits per heavy atom. The minimum atomic E-state index is -3.30. The molecule has 46 heteroatoms. The van der Waals surface area contributed by atoms with E-state index < -0.39 is 322 Å². The highest BCUT2D eigenvalue weighted by molar-refractivity contribution is 5.76. The van der Waals surface area contributed by atoms with E-state index >= 15 is 0 Å². The highest BCUT2D eigenvalue weighted by atomic mass is 16.8. The maximum Gasteiger partial charge on any atom is 0.364 e. The summed E-state index contributed by atoms with van der Waals surface area (Å²) in [7, 11) is 0. The number of aliphatic hydroxyl groups is 24. The molecule has 0 spiro atoms. The molecule has 0 radical (unpaired) electrons. The van der Waals surface area contributed by atoms with Crippen molar-refractivity contribution in [1.82, 2.24) is 5.32 Å². The van der Waals surface area contributed by atoms with E-state index in [1.165, 1.54) is 135 Å². The number of carbonyl (C=O) groups excluding carboxylic acids is 1. The van der Waals surface area contributed by atoms with Gasteiger partial charge in [0.25, 0.3) is 5.79 Å². The molecule has 0 bridgehead atoms. The Bertz CT molecular complexity index is 3180. The first-order valence-electron chi connectivity index (χ1n) is 48.3. The summed E-state index contributed by atoms with van der Waals surface area (Å²) in [6, 6.07) is -1.73. The summed E-state index contributed by atoms with van der Waals surface area (Å²) in [5.74, 6) is -6.30. The number of carbonyl (C=O) groups is 2. The molecule has 0 aromatic rings. The topological polar surface area (TPSA) is 718 Å². The highest BCUT2D eigenvalue weighted by Crippen LogP contribution is 2.43. The van der Waals surface area contributed by atoms with Gasteiger partial charge in [-0.3, -0.25) is 4.79 Å². The van der Waals surface area contributed by atoms with Crippen LogP contribution in [0.4, 0.5) is 0 Å². The highest BCUT2D eigenvalue weighted by Gasteiger charge is 2.63.